The molecule has 6 rings (SSSR count). The number of hydrazone groups is 1. The van der Waals surface area contributed by atoms with Crippen LogP contribution in [0.4, 0.5) is 21.9 Å². The summed E-state index contributed by atoms with van der Waals surface area (Å²) in [5.74, 6) is 0.345. The number of aryl methyl sites for hydroxylation is 1. The van der Waals surface area contributed by atoms with E-state index < -0.39 is 0 Å². The Hall–Kier alpha value is -3.65. The van der Waals surface area contributed by atoms with Gasteiger partial charge >= 0.3 is 6.03 Å². The van der Waals surface area contributed by atoms with Gasteiger partial charge in [0.2, 0.25) is 0 Å². The third-order valence-electron chi connectivity index (χ3n) is 7.86. The zero-order valence-electron chi connectivity index (χ0n) is 22.0. The van der Waals surface area contributed by atoms with Crippen LogP contribution in [-0.4, -0.2) is 39.8 Å². The lowest BCUT2D eigenvalue weighted by molar-refractivity contribution is -0.0634. The van der Waals surface area contributed by atoms with E-state index in [1.54, 1.807) is 11.2 Å². The standard InChI is InChI=1S/C30H36N6O2/c1-21-10-15-26-27(19-21)35(25-13-11-23(12-14-25)31-20-24-16-17-32-33-24)30(37)36(28-9-5-6-18-38-28)34-29(26)22-7-3-2-4-8-22/h10-17,19,22,28,31H,2-9,18,20H2,1H3,(H,32,33). The number of ether oxygens (including phenoxy) is 1. The van der Waals surface area contributed by atoms with E-state index in [-0.39, 0.29) is 12.3 Å². The number of aromatic amines is 1. The van der Waals surface area contributed by atoms with Gasteiger partial charge in [-0.3, -0.25) is 10.00 Å². The van der Waals surface area contributed by atoms with Gasteiger partial charge in [-0.2, -0.15) is 15.2 Å². The van der Waals surface area contributed by atoms with Crippen LogP contribution in [0.5, 0.6) is 0 Å². The van der Waals surface area contributed by atoms with Crippen LogP contribution in [-0.2, 0) is 11.3 Å². The molecule has 3 aliphatic rings. The van der Waals surface area contributed by atoms with Crippen molar-refractivity contribution in [2.24, 2.45) is 11.0 Å². The number of amides is 2. The van der Waals surface area contributed by atoms with Crippen LogP contribution in [0.3, 0.4) is 0 Å². The fourth-order valence-corrected chi connectivity index (χ4v) is 5.80. The number of aromatic nitrogens is 2. The molecule has 2 aromatic carbocycles. The first-order valence-electron chi connectivity index (χ1n) is 13.9. The van der Waals surface area contributed by atoms with Crippen molar-refractivity contribution in [3.8, 4) is 0 Å². The number of nitrogens with one attached hydrogen (secondary N) is 2. The van der Waals surface area contributed by atoms with Crippen LogP contribution in [0.25, 0.3) is 0 Å². The van der Waals surface area contributed by atoms with Gasteiger partial charge < -0.3 is 10.1 Å². The molecule has 3 heterocycles. The summed E-state index contributed by atoms with van der Waals surface area (Å²) in [5, 5.41) is 17.2. The molecule has 1 atom stereocenters. The van der Waals surface area contributed by atoms with Gasteiger partial charge in [0.25, 0.3) is 0 Å². The molecule has 2 aliphatic heterocycles. The molecule has 0 radical (unpaired) electrons. The number of rotatable bonds is 6. The summed E-state index contributed by atoms with van der Waals surface area (Å²) in [4.78, 5) is 16.2. The molecule has 8 nitrogen and oxygen atoms in total. The molecule has 1 saturated carbocycles. The molecule has 38 heavy (non-hydrogen) atoms. The highest BCUT2D eigenvalue weighted by Crippen LogP contribution is 2.39. The molecule has 2 fully saturated rings. The molecular formula is C30H36N6O2. The maximum Gasteiger partial charge on any atom is 0.351 e. The number of carbonyl (C=O) groups excluding carboxylic acids is 1. The number of nitrogens with zero attached hydrogens (tertiary/aromatic N) is 4. The van der Waals surface area contributed by atoms with E-state index in [9.17, 15) is 4.79 Å². The fraction of sp³-hybridized carbons (Fsp3) is 0.433. The highest BCUT2D eigenvalue weighted by Gasteiger charge is 2.38. The first-order valence-corrected chi connectivity index (χ1v) is 13.9. The van der Waals surface area contributed by atoms with Crippen molar-refractivity contribution in [1.82, 2.24) is 15.2 Å². The molecule has 3 aromatic rings. The minimum atomic E-state index is -0.344. The van der Waals surface area contributed by atoms with Crippen LogP contribution in [0.15, 0.2) is 59.8 Å². The van der Waals surface area contributed by atoms with Crippen molar-refractivity contribution in [3.63, 3.8) is 0 Å². The van der Waals surface area contributed by atoms with E-state index in [2.05, 4.69) is 40.6 Å². The lowest BCUT2D eigenvalue weighted by Gasteiger charge is -2.33. The molecule has 0 bridgehead atoms. The highest BCUT2D eigenvalue weighted by molar-refractivity contribution is 6.14. The Bertz CT molecular complexity index is 1270. The van der Waals surface area contributed by atoms with Gasteiger partial charge in [0, 0.05) is 30.0 Å². The van der Waals surface area contributed by atoms with E-state index in [1.807, 2.05) is 35.2 Å². The summed E-state index contributed by atoms with van der Waals surface area (Å²) in [5.41, 5.74) is 6.90. The quantitative estimate of drug-likeness (QED) is 0.384. The smallest absolute Gasteiger partial charge is 0.351 e. The third-order valence-corrected chi connectivity index (χ3v) is 7.86. The first-order chi connectivity index (χ1) is 18.7. The molecule has 1 aromatic heterocycles. The number of hydrogen-bond donors (Lipinski definition) is 2. The number of urea groups is 1. The average molecular weight is 513 g/mol. The SMILES string of the molecule is Cc1ccc2c(c1)N(c1ccc(NCc3ccn[nH]3)cc1)C(=O)N(C1CCCCO1)N=C2C1CCCCC1. The molecular weight excluding hydrogens is 476 g/mol. The summed E-state index contributed by atoms with van der Waals surface area (Å²) in [6.07, 6.45) is 10.1. The van der Waals surface area contributed by atoms with Gasteiger partial charge in [-0.15, -0.1) is 0 Å². The van der Waals surface area contributed by atoms with Gasteiger partial charge in [0.05, 0.1) is 29.3 Å². The maximum atomic E-state index is 14.4. The van der Waals surface area contributed by atoms with Crippen molar-refractivity contribution < 1.29 is 9.53 Å². The van der Waals surface area contributed by atoms with Crippen molar-refractivity contribution in [2.75, 3.05) is 16.8 Å². The minimum absolute atomic E-state index is 0.160. The number of carbonyl (C=O) groups is 1. The highest BCUT2D eigenvalue weighted by atomic mass is 16.5. The van der Waals surface area contributed by atoms with Gasteiger partial charge in [-0.25, -0.2) is 4.79 Å². The number of fused-ring (bicyclic) bond motifs is 1. The second-order valence-corrected chi connectivity index (χ2v) is 10.6. The number of hydrogen-bond acceptors (Lipinski definition) is 5. The van der Waals surface area contributed by atoms with Crippen LogP contribution < -0.4 is 10.2 Å². The van der Waals surface area contributed by atoms with Crippen LogP contribution >= 0.6 is 0 Å². The van der Waals surface area contributed by atoms with Crippen molar-refractivity contribution in [1.29, 1.82) is 0 Å². The number of anilines is 3. The van der Waals surface area contributed by atoms with E-state index in [4.69, 9.17) is 9.84 Å². The van der Waals surface area contributed by atoms with Crippen molar-refractivity contribution in [2.45, 2.75) is 71.1 Å². The normalized spacial score (nSPS) is 20.6. The Morgan fingerprint density at radius 3 is 2.55 bits per heavy atom. The van der Waals surface area contributed by atoms with E-state index >= 15 is 0 Å². The Morgan fingerprint density at radius 2 is 1.82 bits per heavy atom. The summed E-state index contributed by atoms with van der Waals surface area (Å²) < 4.78 is 6.13. The Balaban J connectivity index is 1.39. The maximum absolute atomic E-state index is 14.4. The van der Waals surface area contributed by atoms with Crippen molar-refractivity contribution in [3.05, 3.63) is 71.5 Å². The molecule has 1 saturated heterocycles. The summed E-state index contributed by atoms with van der Waals surface area (Å²) in [6.45, 7) is 3.39. The monoisotopic (exact) mass is 512 g/mol. The molecule has 1 unspecified atom stereocenters. The summed E-state index contributed by atoms with van der Waals surface area (Å²) in [6, 6.07) is 16.2. The first kappa shape index (κ1) is 24.7. The minimum Gasteiger partial charge on any atom is -0.379 e. The topological polar surface area (TPSA) is 85.9 Å². The molecule has 0 spiro atoms. The fourth-order valence-electron chi connectivity index (χ4n) is 5.80. The van der Waals surface area contributed by atoms with Crippen LogP contribution in [0, 0.1) is 12.8 Å². The number of H-pyrrole nitrogens is 1. The van der Waals surface area contributed by atoms with E-state index in [0.29, 0.717) is 19.1 Å². The molecule has 1 aliphatic carbocycles. The Labute approximate surface area is 224 Å². The predicted molar refractivity (Wildman–Crippen MR) is 150 cm³/mol. The van der Waals surface area contributed by atoms with Gasteiger partial charge in [-0.05, 0) is 81.0 Å². The van der Waals surface area contributed by atoms with Gasteiger partial charge in [0.15, 0.2) is 6.23 Å². The van der Waals surface area contributed by atoms with Crippen LogP contribution in [0.1, 0.15) is 68.2 Å². The lowest BCUT2D eigenvalue weighted by Crippen LogP contribution is -2.45. The molecule has 198 valence electrons. The average Bonchev–Trinajstić information content (AvgIpc) is 3.45. The predicted octanol–water partition coefficient (Wildman–Crippen LogP) is 6.71. The largest absolute Gasteiger partial charge is 0.379 e. The zero-order valence-corrected chi connectivity index (χ0v) is 22.0. The van der Waals surface area contributed by atoms with Crippen LogP contribution in [0.2, 0.25) is 0 Å². The molecule has 8 heteroatoms. The summed E-state index contributed by atoms with van der Waals surface area (Å²) >= 11 is 0. The Morgan fingerprint density at radius 1 is 1.00 bits per heavy atom. The Kier molecular flexibility index (Phi) is 7.14. The third kappa shape index (κ3) is 5.05. The number of benzene rings is 2. The van der Waals surface area contributed by atoms with Crippen molar-refractivity contribution >= 4 is 28.8 Å². The van der Waals surface area contributed by atoms with Gasteiger partial charge in [0.1, 0.15) is 0 Å². The lowest BCUT2D eigenvalue weighted by atomic mass is 9.82. The van der Waals surface area contributed by atoms with E-state index in [0.717, 1.165) is 71.7 Å². The zero-order chi connectivity index (χ0) is 25.9. The molecule has 2 amide bonds. The second-order valence-electron chi connectivity index (χ2n) is 10.6. The van der Waals surface area contributed by atoms with Gasteiger partial charge in [-0.1, -0.05) is 31.4 Å². The second kappa shape index (κ2) is 11.0. The molecule has 2 N–H and O–H groups in total. The van der Waals surface area contributed by atoms with E-state index in [1.165, 1.54) is 19.3 Å². The summed E-state index contributed by atoms with van der Waals surface area (Å²) in [7, 11) is 0.